The maximum atomic E-state index is 13.4. The molecule has 3 heterocycles. The van der Waals surface area contributed by atoms with Crippen LogP contribution >= 0.6 is 34.8 Å². The van der Waals surface area contributed by atoms with E-state index in [-0.39, 0.29) is 40.1 Å². The predicted octanol–water partition coefficient (Wildman–Crippen LogP) is 18.7. The van der Waals surface area contributed by atoms with Crippen molar-refractivity contribution in [3.63, 3.8) is 0 Å². The number of benzene rings is 10. The number of amides is 3. The fourth-order valence-electron chi connectivity index (χ4n) is 13.1. The maximum Gasteiger partial charge on any atom is 0.281 e. The number of rotatable bonds is 32. The number of sulfonamides is 3. The van der Waals surface area contributed by atoms with Crippen molar-refractivity contribution in [2.75, 3.05) is 45.0 Å². The Labute approximate surface area is 690 Å². The molecule has 0 saturated carbocycles. The molecule has 116 heavy (non-hydrogen) atoms. The summed E-state index contributed by atoms with van der Waals surface area (Å²) in [6.07, 6.45) is 3.75. The number of carbonyl (C=O) groups is 3. The first kappa shape index (κ1) is 85.6. The fraction of sp³-hybridized carbons (Fsp3) is 0.225. The lowest BCUT2D eigenvalue weighted by molar-refractivity contribution is 0.0967. The zero-order valence-corrected chi connectivity index (χ0v) is 69.7. The SMILES string of the molecule is COc1ccc(Oc2cccc(S(=O)(=O)NC(=O)c3[nH]c4ccccc4c3CCCOc3cc(C)c(Cl)c(C)c3)c2)cc1.Cc1cc(OCCCc2c(C(=O)NS(=O)(=O)CCOc3ccccc3)[nH]c3ccccc23)cc(C)c1Cl.Cc1cc(OCCCc2c(C(=O)NS(=O)(=O)CCc3ccccc3)[nH]c3ccccc23)cc(C)c1Cl. The largest absolute Gasteiger partial charge is 0.497 e. The molecule has 6 N–H and O–H groups in total. The number of aryl methyl sites for hydroxylation is 10. The van der Waals surface area contributed by atoms with Crippen LogP contribution in [0.3, 0.4) is 0 Å². The molecule has 0 radical (unpaired) electrons. The minimum Gasteiger partial charge on any atom is -0.497 e. The van der Waals surface area contributed by atoms with Crippen molar-refractivity contribution in [3.8, 4) is 40.2 Å². The van der Waals surface area contributed by atoms with E-state index in [0.717, 1.165) is 110 Å². The Kier molecular flexibility index (Phi) is 29.1. The van der Waals surface area contributed by atoms with Crippen molar-refractivity contribution < 1.29 is 68.1 Å². The van der Waals surface area contributed by atoms with Crippen LogP contribution in [0.2, 0.25) is 15.1 Å². The highest BCUT2D eigenvalue weighted by atomic mass is 35.5. The summed E-state index contributed by atoms with van der Waals surface area (Å²) >= 11 is 18.7. The van der Waals surface area contributed by atoms with E-state index >= 15 is 0 Å². The van der Waals surface area contributed by atoms with Gasteiger partial charge in [0.05, 0.1) is 37.6 Å². The first-order valence-electron chi connectivity index (χ1n) is 37.4. The summed E-state index contributed by atoms with van der Waals surface area (Å²) in [4.78, 5) is 48.7. The quantitative estimate of drug-likeness (QED) is 0.0214. The number of ether oxygens (including phenoxy) is 6. The monoisotopic (exact) mass is 1680 g/mol. The van der Waals surface area contributed by atoms with Gasteiger partial charge in [0.15, 0.2) is 0 Å². The van der Waals surface area contributed by atoms with Gasteiger partial charge in [0.2, 0.25) is 20.0 Å². The van der Waals surface area contributed by atoms with Crippen LogP contribution in [-0.4, -0.2) is 103 Å². The standard InChI is InChI=1S/C33H31ClN2O6S.C28H29ClN2O5S.C28H29ClN2O4S/c1-21-18-26(19-22(2)31(21)34)41-17-7-11-29-28-10-4-5-12-30(28)35-32(29)33(37)36-43(38,39)27-9-6-8-25(20-27)42-24-15-13-23(40-3)14-16-24;1-19-17-22(18-20(2)26(19)29)35-14-8-12-24-23-11-6-7-13-25(23)30-27(24)28(32)31-37(33,34)16-15-36-21-9-4-3-5-10-21;1-19-17-22(18-20(2)26(19)29)35-15-8-12-24-23-11-6-7-13-25(23)30-27(24)28(32)31-36(33,34)16-14-21-9-4-3-5-10-21/h4-6,8-10,12-16,18-20,35H,7,11,17H2,1-3H3,(H,36,37);3-7,9-11,13,17-18,30H,8,12,14-16H2,1-2H3,(H,31,32);3-7,9-11,13,17-18,30H,8,12,14-16H2,1-2H3,(H,31,32). The van der Waals surface area contributed by atoms with Crippen LogP contribution in [0.1, 0.15) is 106 Å². The molecule has 0 aliphatic rings. The van der Waals surface area contributed by atoms with Gasteiger partial charge in [0, 0.05) is 53.8 Å². The lowest BCUT2D eigenvalue weighted by atomic mass is 10.1. The van der Waals surface area contributed by atoms with Crippen molar-refractivity contribution in [2.24, 2.45) is 0 Å². The lowest BCUT2D eigenvalue weighted by Crippen LogP contribution is -2.35. The normalized spacial score (nSPS) is 11.4. The third-order valence-corrected chi connectivity index (χ3v) is 24.4. The second kappa shape index (κ2) is 39.4. The zero-order chi connectivity index (χ0) is 82.7. The molecule has 604 valence electrons. The van der Waals surface area contributed by atoms with Crippen LogP contribution < -0.4 is 42.6 Å². The fourth-order valence-corrected chi connectivity index (χ4v) is 16.2. The molecule has 0 saturated heterocycles. The number of nitrogens with one attached hydrogen (secondary N) is 6. The Morgan fingerprint density at radius 2 is 0.690 bits per heavy atom. The second-order valence-corrected chi connectivity index (χ2v) is 34.1. The molecule has 0 aliphatic heterocycles. The van der Waals surface area contributed by atoms with Crippen LogP contribution in [-0.2, 0) is 55.8 Å². The Morgan fingerprint density at radius 1 is 0.345 bits per heavy atom. The summed E-state index contributed by atoms with van der Waals surface area (Å²) in [6, 6.07) is 65.0. The minimum atomic E-state index is -4.22. The van der Waals surface area contributed by atoms with Gasteiger partial charge in [-0.25, -0.2) is 39.4 Å². The Bertz CT molecular complexity index is 5950. The summed E-state index contributed by atoms with van der Waals surface area (Å²) in [5, 5.41) is 4.78. The molecule has 10 aromatic carbocycles. The highest BCUT2D eigenvalue weighted by molar-refractivity contribution is 7.90. The van der Waals surface area contributed by atoms with E-state index in [1.807, 2.05) is 187 Å². The van der Waals surface area contributed by atoms with E-state index in [0.29, 0.717) is 98.4 Å². The van der Waals surface area contributed by atoms with Gasteiger partial charge in [-0.15, -0.1) is 0 Å². The van der Waals surface area contributed by atoms with Crippen LogP contribution in [0.25, 0.3) is 32.7 Å². The van der Waals surface area contributed by atoms with Gasteiger partial charge in [-0.3, -0.25) is 14.4 Å². The van der Waals surface area contributed by atoms with Crippen LogP contribution in [0.15, 0.2) is 223 Å². The molecule has 0 atom stereocenters. The average Bonchev–Trinajstić information content (AvgIpc) is 1.66. The van der Waals surface area contributed by atoms with E-state index in [2.05, 4.69) is 29.1 Å². The molecule has 0 spiro atoms. The first-order valence-corrected chi connectivity index (χ1v) is 43.3. The van der Waals surface area contributed by atoms with E-state index in [1.54, 1.807) is 67.8 Å². The number of aromatic amines is 3. The number of fused-ring (bicyclic) bond motifs is 3. The number of carbonyl (C=O) groups excluding carboxylic acids is 3. The zero-order valence-electron chi connectivity index (χ0n) is 65.0. The molecular weight excluding hydrogens is 1600 g/mol. The van der Waals surface area contributed by atoms with E-state index in [1.165, 1.54) is 12.1 Å². The number of methoxy groups -OCH3 is 1. The number of halogens is 3. The van der Waals surface area contributed by atoms with Crippen molar-refractivity contribution in [3.05, 3.63) is 306 Å². The summed E-state index contributed by atoms with van der Waals surface area (Å²) in [5.74, 6) is 1.62. The van der Waals surface area contributed by atoms with Gasteiger partial charge in [0.1, 0.15) is 69.7 Å². The summed E-state index contributed by atoms with van der Waals surface area (Å²) in [6.45, 7) is 12.8. The van der Waals surface area contributed by atoms with Gasteiger partial charge < -0.3 is 43.4 Å². The highest BCUT2D eigenvalue weighted by Gasteiger charge is 2.27. The Balaban J connectivity index is 0.000000172. The van der Waals surface area contributed by atoms with Crippen molar-refractivity contribution in [1.82, 2.24) is 29.1 Å². The third kappa shape index (κ3) is 23.1. The van der Waals surface area contributed by atoms with Crippen LogP contribution in [0.4, 0.5) is 0 Å². The third-order valence-electron chi connectivity index (χ3n) is 18.9. The Hall–Kier alpha value is -11.3. The predicted molar refractivity (Wildman–Crippen MR) is 458 cm³/mol. The van der Waals surface area contributed by atoms with Crippen LogP contribution in [0, 0.1) is 41.5 Å². The highest BCUT2D eigenvalue weighted by Crippen LogP contribution is 2.33. The molecule has 27 heteroatoms. The Morgan fingerprint density at radius 3 is 1.09 bits per heavy atom. The molecule has 13 aromatic rings. The molecule has 0 fully saturated rings. The smallest absolute Gasteiger partial charge is 0.281 e. The van der Waals surface area contributed by atoms with Gasteiger partial charge in [-0.1, -0.05) is 144 Å². The molecule has 0 aliphatic carbocycles. The number of hydrogen-bond acceptors (Lipinski definition) is 15. The molecule has 13 rings (SSSR count). The number of para-hydroxylation sites is 4. The van der Waals surface area contributed by atoms with E-state index in [9.17, 15) is 39.6 Å². The molecule has 21 nitrogen and oxygen atoms in total. The summed E-state index contributed by atoms with van der Waals surface area (Å²) in [7, 11) is -10.4. The van der Waals surface area contributed by atoms with Gasteiger partial charge in [-0.2, -0.15) is 0 Å². The number of H-pyrrole nitrogens is 3. The van der Waals surface area contributed by atoms with E-state index < -0.39 is 47.8 Å². The average molecular weight is 1690 g/mol. The molecule has 0 bridgehead atoms. The maximum absolute atomic E-state index is 13.4. The number of aromatic nitrogens is 3. The lowest BCUT2D eigenvalue weighted by Gasteiger charge is -2.11. The number of hydrogen-bond donors (Lipinski definition) is 6. The van der Waals surface area contributed by atoms with Gasteiger partial charge in [0.25, 0.3) is 27.7 Å². The first-order chi connectivity index (χ1) is 55.6. The van der Waals surface area contributed by atoms with E-state index in [4.69, 9.17) is 63.2 Å². The molecule has 3 aromatic heterocycles. The van der Waals surface area contributed by atoms with Gasteiger partial charge >= 0.3 is 0 Å². The topological polar surface area (TPSA) is 292 Å². The summed E-state index contributed by atoms with van der Waals surface area (Å²) in [5.41, 5.74) is 11.8. The van der Waals surface area contributed by atoms with Crippen molar-refractivity contribution in [1.29, 1.82) is 0 Å². The molecular formula is C89H89Cl3N6O15S3. The minimum absolute atomic E-state index is 0.0762. The van der Waals surface area contributed by atoms with Crippen molar-refractivity contribution >= 4 is 115 Å². The van der Waals surface area contributed by atoms with Gasteiger partial charge in [-0.05, 0) is 245 Å². The van der Waals surface area contributed by atoms with Crippen molar-refractivity contribution in [2.45, 2.75) is 91.4 Å². The molecule has 3 amide bonds. The molecule has 0 unspecified atom stereocenters. The van der Waals surface area contributed by atoms with Crippen LogP contribution in [0.5, 0.6) is 40.2 Å². The second-order valence-electron chi connectivity index (χ2n) is 27.6. The summed E-state index contributed by atoms with van der Waals surface area (Å²) < 4.78 is 118.